The molecule has 0 aliphatic heterocycles. The van der Waals surface area contributed by atoms with Gasteiger partial charge in [-0.2, -0.15) is 4.52 Å². The van der Waals surface area contributed by atoms with E-state index in [1.165, 1.54) is 214 Å². The zero-order valence-electron chi connectivity index (χ0n) is 54.3. The number of nitrogens with zero attached hydrogens (tertiary/aromatic N) is 2. The maximum atomic E-state index is 15.5. The molecule has 0 amide bonds. The number of aromatic nitrogens is 2. The predicted octanol–water partition coefficient (Wildman–Crippen LogP) is 19.3. The molecule has 2 aromatic heterocycles. The van der Waals surface area contributed by atoms with Crippen molar-refractivity contribution in [2.45, 2.75) is 214 Å². The highest BCUT2D eigenvalue weighted by atomic mass is 16.2. The Kier molecular flexibility index (Phi) is 8.45. The van der Waals surface area contributed by atoms with Gasteiger partial charge in [-0.05, 0) is 383 Å². The normalized spacial score (nSPS) is 43.8. The third-order valence-electron chi connectivity index (χ3n) is 34.6. The molecule has 18 aliphatic rings. The van der Waals surface area contributed by atoms with E-state index in [4.69, 9.17) is 0 Å². The number of fused-ring (bicyclic) bond motifs is 17. The minimum Gasteiger partial charge on any atom is -0.267 e. The minimum absolute atomic E-state index is 0.152. The van der Waals surface area contributed by atoms with Crippen LogP contribution in [-0.4, -0.2) is 9.03 Å². The molecule has 4 nitrogen and oxygen atoms in total. The van der Waals surface area contributed by atoms with Crippen molar-refractivity contribution in [3.63, 3.8) is 0 Å². The molecule has 0 N–H and O–H groups in total. The first kappa shape index (κ1) is 50.7. The maximum Gasteiger partial charge on any atom is 0.282 e. The molecule has 6 aromatic carbocycles. The summed E-state index contributed by atoms with van der Waals surface area (Å²) < 4.78 is 3.50. The van der Waals surface area contributed by atoms with Crippen molar-refractivity contribution in [2.24, 2.45) is 87.3 Å². The quantitative estimate of drug-likeness (QED) is 0.167. The van der Waals surface area contributed by atoms with Gasteiger partial charge in [0.25, 0.3) is 11.1 Å². The van der Waals surface area contributed by atoms with Crippen LogP contribution in [0.15, 0.2) is 107 Å². The average molecular weight is 1190 g/mol. The van der Waals surface area contributed by atoms with E-state index in [0.29, 0.717) is 37.8 Å². The number of benzene rings is 6. The van der Waals surface area contributed by atoms with E-state index in [1.807, 2.05) is 4.52 Å². The van der Waals surface area contributed by atoms with Crippen LogP contribution in [0.25, 0.3) is 66.3 Å². The zero-order chi connectivity index (χ0) is 59.6. The Morgan fingerprint density at radius 1 is 0.341 bits per heavy atom. The Morgan fingerprint density at radius 2 is 0.802 bits per heavy atom. The highest BCUT2D eigenvalue weighted by Gasteiger charge is 2.76. The average Bonchev–Trinajstić information content (AvgIpc) is 1.51. The highest BCUT2D eigenvalue weighted by molar-refractivity contribution is 5.99. The van der Waals surface area contributed by atoms with E-state index in [-0.39, 0.29) is 32.8 Å². The predicted molar refractivity (Wildman–Crippen MR) is 362 cm³/mol. The van der Waals surface area contributed by atoms with Crippen LogP contribution in [0.5, 0.6) is 0 Å². The summed E-state index contributed by atoms with van der Waals surface area (Å²) in [4.78, 5) is 31.1. The fraction of sp³-hybridized carbons (Fsp3) is 0.563. The molecule has 2 heterocycles. The molecular formula is C87H88N2O2. The van der Waals surface area contributed by atoms with Gasteiger partial charge in [0.05, 0.1) is 21.8 Å². The molecule has 0 radical (unpaired) electrons. The summed E-state index contributed by atoms with van der Waals surface area (Å²) >= 11 is 0. The van der Waals surface area contributed by atoms with Crippen molar-refractivity contribution in [1.29, 1.82) is 0 Å². The zero-order valence-corrected chi connectivity index (χ0v) is 54.3. The second-order valence-corrected chi connectivity index (χ2v) is 38.6. The topological polar surface area (TPSA) is 43.0 Å². The second-order valence-electron chi connectivity index (χ2n) is 38.6. The SMILES string of the molecule is CC1(C)c2cc(C34CC5CC(CC(C5)C3)C4)ccc2-c2c(-c3ccc4c(c3)c(=O)n3c(=O)c5cc(-c6cc(C78CC9CC%10CC(C7)C%10(C9)C8)cc7c6-c6ccc(C89CC%10CC%11CC(C8)C9(C%11)C%10)cc6C7(C)C)ccc5n43)cc(C34CC5CC6CC(C3)C6(C5)C4)cc21. The van der Waals surface area contributed by atoms with E-state index in [0.717, 1.165) is 93.2 Å². The fourth-order valence-electron chi connectivity index (χ4n) is 32.1. The van der Waals surface area contributed by atoms with Gasteiger partial charge in [0.1, 0.15) is 0 Å². The van der Waals surface area contributed by atoms with E-state index < -0.39 is 0 Å². The molecule has 0 saturated heterocycles. The number of rotatable bonds is 6. The van der Waals surface area contributed by atoms with Crippen molar-refractivity contribution in [1.82, 2.24) is 9.03 Å². The summed E-state index contributed by atoms with van der Waals surface area (Å²) in [7, 11) is 0. The lowest BCUT2D eigenvalue weighted by atomic mass is 9.44. The third kappa shape index (κ3) is 5.49. The van der Waals surface area contributed by atoms with Crippen molar-refractivity contribution >= 4 is 21.8 Å². The van der Waals surface area contributed by atoms with Gasteiger partial charge in [-0.25, -0.2) is 4.52 Å². The van der Waals surface area contributed by atoms with Crippen molar-refractivity contribution in [3.05, 3.63) is 162 Å². The Hall–Kier alpha value is -5.74. The first-order valence-corrected chi connectivity index (χ1v) is 37.6. The van der Waals surface area contributed by atoms with Crippen LogP contribution in [0.2, 0.25) is 0 Å². The Morgan fingerprint density at radius 3 is 1.36 bits per heavy atom. The molecule has 26 rings (SSSR count). The van der Waals surface area contributed by atoms with Crippen LogP contribution < -0.4 is 11.1 Å². The molecule has 18 aliphatic carbocycles. The van der Waals surface area contributed by atoms with Gasteiger partial charge in [0, 0.05) is 16.2 Å². The van der Waals surface area contributed by atoms with Gasteiger partial charge >= 0.3 is 0 Å². The first-order valence-electron chi connectivity index (χ1n) is 37.6. The summed E-state index contributed by atoms with van der Waals surface area (Å²) in [5, 5.41) is 1.29. The number of hydrogen-bond acceptors (Lipinski definition) is 2. The molecule has 3 spiro atoms. The molecule has 458 valence electrons. The summed E-state index contributed by atoms with van der Waals surface area (Å²) in [6, 6.07) is 40.1. The molecule has 91 heavy (non-hydrogen) atoms. The van der Waals surface area contributed by atoms with E-state index in [9.17, 15) is 0 Å². The molecular weight excluding hydrogens is 1100 g/mol. The highest BCUT2D eigenvalue weighted by Crippen LogP contribution is 2.83. The molecule has 15 unspecified atom stereocenters. The first-order chi connectivity index (χ1) is 44.0. The van der Waals surface area contributed by atoms with Crippen LogP contribution in [0, 0.1) is 87.3 Å². The van der Waals surface area contributed by atoms with Crippen LogP contribution in [0.3, 0.4) is 0 Å². The molecule has 8 aromatic rings. The minimum atomic E-state index is -0.196. The summed E-state index contributed by atoms with van der Waals surface area (Å²) in [6.07, 6.45) is 34.2. The lowest BCUT2D eigenvalue weighted by Gasteiger charge is -2.59. The fourth-order valence-corrected chi connectivity index (χ4v) is 32.1. The van der Waals surface area contributed by atoms with Crippen molar-refractivity contribution in [2.75, 3.05) is 0 Å². The van der Waals surface area contributed by atoms with Gasteiger partial charge < -0.3 is 0 Å². The largest absolute Gasteiger partial charge is 0.282 e. The van der Waals surface area contributed by atoms with Crippen LogP contribution in [0.4, 0.5) is 0 Å². The molecule has 4 heteroatoms. The van der Waals surface area contributed by atoms with Crippen molar-refractivity contribution < 1.29 is 0 Å². The molecule has 15 atom stereocenters. The Labute approximate surface area is 536 Å². The Bertz CT molecular complexity index is 4920. The van der Waals surface area contributed by atoms with Gasteiger partial charge in [-0.15, -0.1) is 0 Å². The summed E-state index contributed by atoms with van der Waals surface area (Å²) in [5.74, 6) is 10.9. The van der Waals surface area contributed by atoms with Gasteiger partial charge in [-0.3, -0.25) is 9.59 Å². The van der Waals surface area contributed by atoms with Gasteiger partial charge in [0.15, 0.2) is 0 Å². The Balaban J connectivity index is 0.645. The molecule has 16 saturated carbocycles. The molecule has 13 bridgehead atoms. The smallest absolute Gasteiger partial charge is 0.267 e. The second kappa shape index (κ2) is 15.2. The van der Waals surface area contributed by atoms with Crippen LogP contribution in [-0.2, 0) is 32.5 Å². The standard InChI is InChI=1S/C87H88N2O2/c1-79(2)69-26-54(81-30-45-13-46(31-81)15-47(14-45)32-81)7-9-63(69)75-65(24-56(28-71(75)79)82-33-50-18-58-22-60(40-82)84(58,35-50)43-82)52-5-11-73-67(20-52)77(90)89-78(91)68-21-53(6-12-74(68)88(73)89)66-25-57(83-34-51-19-59-23-61(41-83)85(59,36-51)44-83)29-72-76(66)64-10-8-55(27-70(64)80(72,3)4)87-39-49-16-48-17-62(42-87)86(87,37-48)38-49/h5-12,20-21,24-29,45-51,58-62H,13-19,22-23,30-44H2,1-4H3. The number of hydrogen-bond donors (Lipinski definition) is 0. The van der Waals surface area contributed by atoms with Crippen LogP contribution in [0.1, 0.15) is 226 Å². The van der Waals surface area contributed by atoms with Crippen LogP contribution >= 0.6 is 0 Å². The third-order valence-corrected chi connectivity index (χ3v) is 34.6. The summed E-state index contributed by atoms with van der Waals surface area (Å²) in [5.41, 5.74) is 26.7. The van der Waals surface area contributed by atoms with E-state index in [1.54, 1.807) is 22.3 Å². The van der Waals surface area contributed by atoms with Gasteiger partial charge in [0.2, 0.25) is 0 Å². The van der Waals surface area contributed by atoms with Gasteiger partial charge in [-0.1, -0.05) is 88.4 Å². The molecule has 16 fully saturated rings. The van der Waals surface area contributed by atoms with Crippen molar-refractivity contribution in [3.8, 4) is 44.5 Å². The van der Waals surface area contributed by atoms with E-state index in [2.05, 4.69) is 125 Å². The summed E-state index contributed by atoms with van der Waals surface area (Å²) in [6.45, 7) is 10.2. The lowest BCUT2D eigenvalue weighted by molar-refractivity contribution is -0.0356. The lowest BCUT2D eigenvalue weighted by Crippen LogP contribution is -2.55. The maximum absolute atomic E-state index is 15.5. The van der Waals surface area contributed by atoms with E-state index >= 15 is 9.59 Å². The monoisotopic (exact) mass is 1190 g/mol.